The van der Waals surface area contributed by atoms with Crippen molar-refractivity contribution in [1.29, 1.82) is 0 Å². The number of fused-ring (bicyclic) bond motifs is 5. The molecule has 0 saturated heterocycles. The van der Waals surface area contributed by atoms with Crippen molar-refractivity contribution in [3.8, 4) is 22.3 Å². The van der Waals surface area contributed by atoms with Crippen molar-refractivity contribution in [3.05, 3.63) is 151 Å². The molecule has 182 valence electrons. The molecule has 0 atom stereocenters. The van der Waals surface area contributed by atoms with E-state index in [4.69, 9.17) is 0 Å². The minimum Gasteiger partial charge on any atom is -0.310 e. The summed E-state index contributed by atoms with van der Waals surface area (Å²) < 4.78 is 0. The summed E-state index contributed by atoms with van der Waals surface area (Å²) in [6, 6.07) is 50.5. The molecule has 6 aromatic carbocycles. The summed E-state index contributed by atoms with van der Waals surface area (Å²) in [6.07, 6.45) is 0. The lowest BCUT2D eigenvalue weighted by molar-refractivity contribution is 0.661. The molecule has 0 fully saturated rings. The molecule has 0 aromatic heterocycles. The molecular formula is C37H29N. The van der Waals surface area contributed by atoms with Crippen LogP contribution in [-0.2, 0) is 5.41 Å². The zero-order valence-corrected chi connectivity index (χ0v) is 21.7. The second-order valence-corrected chi connectivity index (χ2v) is 10.6. The van der Waals surface area contributed by atoms with Gasteiger partial charge in [0.1, 0.15) is 0 Å². The van der Waals surface area contributed by atoms with Crippen LogP contribution >= 0.6 is 0 Å². The van der Waals surface area contributed by atoms with Crippen molar-refractivity contribution >= 4 is 27.8 Å². The minimum atomic E-state index is -0.0791. The van der Waals surface area contributed by atoms with Gasteiger partial charge >= 0.3 is 0 Å². The summed E-state index contributed by atoms with van der Waals surface area (Å²) in [4.78, 5) is 2.37. The summed E-state index contributed by atoms with van der Waals surface area (Å²) in [5.74, 6) is 0. The Hall–Kier alpha value is -4.62. The Morgan fingerprint density at radius 2 is 1.08 bits per heavy atom. The lowest BCUT2D eigenvalue weighted by Crippen LogP contribution is -2.16. The Bertz CT molecular complexity index is 1760. The van der Waals surface area contributed by atoms with Crippen molar-refractivity contribution in [3.63, 3.8) is 0 Å². The number of benzene rings is 6. The van der Waals surface area contributed by atoms with Crippen molar-refractivity contribution in [1.82, 2.24) is 0 Å². The number of para-hydroxylation sites is 1. The standard InChI is InChI=1S/C37H29N/c1-37(2)34-24-19-28-13-9-10-16-32(28)36(34)33-23-22-31(25-35(33)37)38(29-14-7-4-8-15-29)30-20-17-27(18-21-30)26-11-5-3-6-12-26/h3-25H,1-2H3. The van der Waals surface area contributed by atoms with E-state index in [0.29, 0.717) is 0 Å². The van der Waals surface area contributed by atoms with Crippen molar-refractivity contribution in [2.45, 2.75) is 19.3 Å². The van der Waals surface area contributed by atoms with Gasteiger partial charge < -0.3 is 4.90 Å². The van der Waals surface area contributed by atoms with Crippen molar-refractivity contribution in [2.24, 2.45) is 0 Å². The molecular weight excluding hydrogens is 458 g/mol. The van der Waals surface area contributed by atoms with E-state index in [1.807, 2.05) is 0 Å². The fourth-order valence-corrected chi connectivity index (χ4v) is 6.09. The molecule has 0 N–H and O–H groups in total. The molecule has 0 bridgehead atoms. The molecule has 38 heavy (non-hydrogen) atoms. The molecule has 1 nitrogen and oxygen atoms in total. The second kappa shape index (κ2) is 8.75. The van der Waals surface area contributed by atoms with E-state index in [1.165, 1.54) is 49.8 Å². The summed E-state index contributed by atoms with van der Waals surface area (Å²) >= 11 is 0. The van der Waals surface area contributed by atoms with E-state index in [0.717, 1.165) is 11.4 Å². The lowest BCUT2D eigenvalue weighted by Gasteiger charge is -2.28. The quantitative estimate of drug-likeness (QED) is 0.239. The molecule has 7 rings (SSSR count). The van der Waals surface area contributed by atoms with E-state index in [2.05, 4.69) is 158 Å². The van der Waals surface area contributed by atoms with Gasteiger partial charge in [0.2, 0.25) is 0 Å². The van der Waals surface area contributed by atoms with E-state index >= 15 is 0 Å². The Balaban J connectivity index is 1.38. The maximum Gasteiger partial charge on any atom is 0.0465 e. The molecule has 0 aliphatic heterocycles. The van der Waals surface area contributed by atoms with Crippen LogP contribution in [0.3, 0.4) is 0 Å². The van der Waals surface area contributed by atoms with Gasteiger partial charge in [0.15, 0.2) is 0 Å². The van der Waals surface area contributed by atoms with Crippen LogP contribution in [0, 0.1) is 0 Å². The smallest absolute Gasteiger partial charge is 0.0465 e. The van der Waals surface area contributed by atoms with Gasteiger partial charge in [-0.1, -0.05) is 117 Å². The number of hydrogen-bond donors (Lipinski definition) is 0. The average Bonchev–Trinajstić information content (AvgIpc) is 3.21. The van der Waals surface area contributed by atoms with Gasteiger partial charge in [-0.05, 0) is 80.6 Å². The van der Waals surface area contributed by atoms with Crippen LogP contribution in [0.1, 0.15) is 25.0 Å². The Labute approximate surface area is 224 Å². The predicted octanol–water partition coefficient (Wildman–Crippen LogP) is 10.3. The molecule has 0 amide bonds. The zero-order chi connectivity index (χ0) is 25.7. The van der Waals surface area contributed by atoms with Gasteiger partial charge in [-0.15, -0.1) is 0 Å². The highest BCUT2D eigenvalue weighted by molar-refractivity contribution is 6.03. The van der Waals surface area contributed by atoms with Gasteiger partial charge in [-0.3, -0.25) is 0 Å². The number of nitrogens with zero attached hydrogens (tertiary/aromatic N) is 1. The highest BCUT2D eigenvalue weighted by Crippen LogP contribution is 2.52. The molecule has 1 aliphatic rings. The third kappa shape index (κ3) is 3.55. The van der Waals surface area contributed by atoms with Gasteiger partial charge in [0, 0.05) is 22.5 Å². The van der Waals surface area contributed by atoms with E-state index < -0.39 is 0 Å². The largest absolute Gasteiger partial charge is 0.310 e. The summed E-state index contributed by atoms with van der Waals surface area (Å²) in [5, 5.41) is 2.63. The first-order valence-electron chi connectivity index (χ1n) is 13.3. The monoisotopic (exact) mass is 487 g/mol. The first-order valence-corrected chi connectivity index (χ1v) is 13.3. The first-order chi connectivity index (χ1) is 18.6. The van der Waals surface area contributed by atoms with Crippen LogP contribution in [0.4, 0.5) is 17.1 Å². The van der Waals surface area contributed by atoms with Gasteiger partial charge in [0.25, 0.3) is 0 Å². The molecule has 0 saturated carbocycles. The van der Waals surface area contributed by atoms with Crippen molar-refractivity contribution < 1.29 is 0 Å². The fourth-order valence-electron chi connectivity index (χ4n) is 6.09. The fraction of sp³-hybridized carbons (Fsp3) is 0.0811. The van der Waals surface area contributed by atoms with Crippen LogP contribution in [0.2, 0.25) is 0 Å². The maximum absolute atomic E-state index is 2.40. The predicted molar refractivity (Wildman–Crippen MR) is 162 cm³/mol. The topological polar surface area (TPSA) is 3.24 Å². The first kappa shape index (κ1) is 22.6. The van der Waals surface area contributed by atoms with Crippen LogP contribution in [0.5, 0.6) is 0 Å². The minimum absolute atomic E-state index is 0.0791. The average molecular weight is 488 g/mol. The SMILES string of the molecule is CC1(C)c2cc(N(c3ccccc3)c3ccc(-c4ccccc4)cc3)ccc2-c2c1ccc1ccccc21. The molecule has 1 aliphatic carbocycles. The van der Waals surface area contributed by atoms with Gasteiger partial charge in [-0.25, -0.2) is 0 Å². The van der Waals surface area contributed by atoms with Crippen LogP contribution in [-0.4, -0.2) is 0 Å². The summed E-state index contributed by atoms with van der Waals surface area (Å²) in [6.45, 7) is 4.72. The molecule has 0 radical (unpaired) electrons. The van der Waals surface area contributed by atoms with Gasteiger partial charge in [0.05, 0.1) is 0 Å². The molecule has 0 heterocycles. The van der Waals surface area contributed by atoms with Gasteiger partial charge in [-0.2, -0.15) is 0 Å². The summed E-state index contributed by atoms with van der Waals surface area (Å²) in [7, 11) is 0. The third-order valence-corrected chi connectivity index (χ3v) is 8.05. The second-order valence-electron chi connectivity index (χ2n) is 10.6. The molecule has 0 spiro atoms. The molecule has 1 heteroatoms. The Kier molecular flexibility index (Phi) is 5.19. The Morgan fingerprint density at radius 1 is 0.474 bits per heavy atom. The molecule has 6 aromatic rings. The van der Waals surface area contributed by atoms with E-state index in [9.17, 15) is 0 Å². The maximum atomic E-state index is 2.40. The van der Waals surface area contributed by atoms with Crippen LogP contribution in [0.15, 0.2) is 140 Å². The van der Waals surface area contributed by atoms with Crippen molar-refractivity contribution in [2.75, 3.05) is 4.90 Å². The highest BCUT2D eigenvalue weighted by atomic mass is 15.1. The number of hydrogen-bond acceptors (Lipinski definition) is 1. The van der Waals surface area contributed by atoms with Crippen LogP contribution in [0.25, 0.3) is 33.0 Å². The van der Waals surface area contributed by atoms with E-state index in [1.54, 1.807) is 0 Å². The summed E-state index contributed by atoms with van der Waals surface area (Å²) in [5.41, 5.74) is 11.4. The lowest BCUT2D eigenvalue weighted by atomic mass is 9.82. The number of anilines is 3. The third-order valence-electron chi connectivity index (χ3n) is 8.05. The number of rotatable bonds is 4. The normalized spacial score (nSPS) is 13.2. The Morgan fingerprint density at radius 3 is 1.84 bits per heavy atom. The van der Waals surface area contributed by atoms with Crippen LogP contribution < -0.4 is 4.90 Å². The highest BCUT2D eigenvalue weighted by Gasteiger charge is 2.37. The zero-order valence-electron chi connectivity index (χ0n) is 21.7. The van der Waals surface area contributed by atoms with E-state index in [-0.39, 0.29) is 5.41 Å². The molecule has 0 unspecified atom stereocenters.